The van der Waals surface area contributed by atoms with Crippen LogP contribution >= 0.6 is 12.2 Å². The number of nitrogens with zero attached hydrogens (tertiary/aromatic N) is 2. The molecule has 1 heterocycles. The van der Waals surface area contributed by atoms with Gasteiger partial charge in [0.1, 0.15) is 11.6 Å². The van der Waals surface area contributed by atoms with Crippen LogP contribution in [-0.4, -0.2) is 54.2 Å². The fourth-order valence-electron chi connectivity index (χ4n) is 4.23. The third-order valence-corrected chi connectivity index (χ3v) is 6.48. The number of anilines is 1. The minimum atomic E-state index is -0.286. The molecule has 0 saturated carbocycles. The van der Waals surface area contributed by atoms with E-state index in [-0.39, 0.29) is 30.1 Å². The Kier molecular flexibility index (Phi) is 8.05. The Morgan fingerprint density at radius 1 is 0.886 bits per heavy atom. The summed E-state index contributed by atoms with van der Waals surface area (Å²) in [4.78, 5) is 15.9. The van der Waals surface area contributed by atoms with E-state index in [1.54, 1.807) is 24.3 Å². The van der Waals surface area contributed by atoms with Gasteiger partial charge in [-0.2, -0.15) is 0 Å². The maximum Gasteiger partial charge on any atom is 0.309 e. The highest BCUT2D eigenvalue weighted by Gasteiger charge is 2.27. The summed E-state index contributed by atoms with van der Waals surface area (Å²) >= 11 is 5.64. The van der Waals surface area contributed by atoms with Crippen LogP contribution in [-0.2, 0) is 16.0 Å². The predicted octanol–water partition coefficient (Wildman–Crippen LogP) is 4.78. The van der Waals surface area contributed by atoms with Crippen LogP contribution in [0, 0.1) is 11.6 Å². The van der Waals surface area contributed by atoms with Gasteiger partial charge in [-0.25, -0.2) is 8.78 Å². The van der Waals surface area contributed by atoms with Crippen molar-refractivity contribution in [3.8, 4) is 0 Å². The lowest BCUT2D eigenvalue weighted by Crippen LogP contribution is -2.51. The molecule has 0 aromatic heterocycles. The van der Waals surface area contributed by atoms with Crippen molar-refractivity contribution in [2.24, 2.45) is 0 Å². The van der Waals surface area contributed by atoms with E-state index in [4.69, 9.17) is 17.0 Å². The van der Waals surface area contributed by atoms with Crippen LogP contribution < -0.4 is 5.32 Å². The first-order valence-electron chi connectivity index (χ1n) is 11.4. The zero-order valence-corrected chi connectivity index (χ0v) is 20.2. The Labute approximate surface area is 209 Å². The van der Waals surface area contributed by atoms with E-state index in [9.17, 15) is 13.6 Å². The molecule has 182 valence electrons. The molecular weight excluding hydrogens is 468 g/mol. The van der Waals surface area contributed by atoms with Gasteiger partial charge in [0.15, 0.2) is 5.11 Å². The topological polar surface area (TPSA) is 44.8 Å². The summed E-state index contributed by atoms with van der Waals surface area (Å²) in [6.07, 6.45) is 0.229. The van der Waals surface area contributed by atoms with Crippen LogP contribution in [0.2, 0.25) is 0 Å². The lowest BCUT2D eigenvalue weighted by atomic mass is 9.96. The molecule has 1 saturated heterocycles. The van der Waals surface area contributed by atoms with Crippen molar-refractivity contribution < 1.29 is 18.3 Å². The molecule has 0 amide bonds. The third-order valence-electron chi connectivity index (χ3n) is 6.12. The number of carbonyl (C=O) groups excluding carboxylic acids is 1. The second-order valence-corrected chi connectivity index (χ2v) is 8.80. The van der Waals surface area contributed by atoms with Gasteiger partial charge in [-0.1, -0.05) is 36.4 Å². The number of ether oxygens (including phenoxy) is 1. The Morgan fingerprint density at radius 3 is 1.89 bits per heavy atom. The van der Waals surface area contributed by atoms with Gasteiger partial charge in [-0.05, 0) is 65.3 Å². The van der Waals surface area contributed by atoms with E-state index in [1.807, 2.05) is 24.3 Å². The number of piperazine rings is 1. The van der Waals surface area contributed by atoms with Crippen LogP contribution in [0.15, 0.2) is 72.8 Å². The number of rotatable bonds is 6. The summed E-state index contributed by atoms with van der Waals surface area (Å²) < 4.78 is 31.8. The number of halogens is 2. The molecule has 0 radical (unpaired) electrons. The average molecular weight is 496 g/mol. The van der Waals surface area contributed by atoms with Gasteiger partial charge in [0.2, 0.25) is 0 Å². The maximum absolute atomic E-state index is 13.5. The lowest BCUT2D eigenvalue weighted by Gasteiger charge is -2.40. The first kappa shape index (κ1) is 24.8. The first-order valence-corrected chi connectivity index (χ1v) is 11.8. The SMILES string of the molecule is COC(=O)Cc1ccc(NC(=S)N2CCN(C(c3ccc(F)cc3)c3ccc(F)cc3)CC2)cc1. The predicted molar refractivity (Wildman–Crippen MR) is 136 cm³/mol. The largest absolute Gasteiger partial charge is 0.469 e. The molecule has 0 aliphatic carbocycles. The monoisotopic (exact) mass is 495 g/mol. The van der Waals surface area contributed by atoms with Crippen molar-refractivity contribution in [1.82, 2.24) is 9.80 Å². The average Bonchev–Trinajstić information content (AvgIpc) is 2.88. The van der Waals surface area contributed by atoms with Gasteiger partial charge < -0.3 is 15.0 Å². The molecule has 0 unspecified atom stereocenters. The normalized spacial score (nSPS) is 14.1. The standard InChI is InChI=1S/C27H27F2N3O2S/c1-34-25(33)18-19-2-12-24(13-3-19)30-27(35)32-16-14-31(15-17-32)26(20-4-8-22(28)9-5-20)21-6-10-23(29)11-7-21/h2-13,26H,14-18H2,1H3,(H,30,35). The number of nitrogens with one attached hydrogen (secondary N) is 1. The molecule has 4 rings (SSSR count). The Balaban J connectivity index is 1.40. The van der Waals surface area contributed by atoms with E-state index in [1.165, 1.54) is 31.4 Å². The lowest BCUT2D eigenvalue weighted by molar-refractivity contribution is -0.139. The Bertz CT molecular complexity index is 1100. The molecule has 8 heteroatoms. The molecule has 1 N–H and O–H groups in total. The number of hydrogen-bond acceptors (Lipinski definition) is 4. The minimum absolute atomic E-state index is 0.109. The van der Waals surface area contributed by atoms with Crippen molar-refractivity contribution in [3.63, 3.8) is 0 Å². The fourth-order valence-corrected chi connectivity index (χ4v) is 4.54. The summed E-state index contributed by atoms with van der Waals surface area (Å²) in [6, 6.07) is 20.4. The second-order valence-electron chi connectivity index (χ2n) is 8.41. The fraction of sp³-hybridized carbons (Fsp3) is 0.259. The number of esters is 1. The van der Waals surface area contributed by atoms with Crippen LogP contribution in [0.5, 0.6) is 0 Å². The first-order chi connectivity index (χ1) is 16.9. The Morgan fingerprint density at radius 2 is 1.40 bits per heavy atom. The highest BCUT2D eigenvalue weighted by atomic mass is 32.1. The van der Waals surface area contributed by atoms with Gasteiger partial charge >= 0.3 is 5.97 Å². The van der Waals surface area contributed by atoms with E-state index in [0.29, 0.717) is 18.2 Å². The van der Waals surface area contributed by atoms with Crippen LogP contribution in [0.3, 0.4) is 0 Å². The highest BCUT2D eigenvalue weighted by Crippen LogP contribution is 2.30. The molecule has 3 aromatic rings. The van der Waals surface area contributed by atoms with E-state index in [2.05, 4.69) is 15.1 Å². The minimum Gasteiger partial charge on any atom is -0.469 e. The van der Waals surface area contributed by atoms with Gasteiger partial charge in [0.25, 0.3) is 0 Å². The smallest absolute Gasteiger partial charge is 0.309 e. The number of thiocarbonyl (C=S) groups is 1. The third kappa shape index (κ3) is 6.41. The van der Waals surface area contributed by atoms with E-state index in [0.717, 1.165) is 35.5 Å². The molecule has 1 aliphatic rings. The van der Waals surface area contributed by atoms with Crippen LogP contribution in [0.4, 0.5) is 14.5 Å². The number of hydrogen-bond donors (Lipinski definition) is 1. The molecule has 3 aromatic carbocycles. The van der Waals surface area contributed by atoms with Crippen molar-refractivity contribution in [3.05, 3.63) is 101 Å². The number of methoxy groups -OCH3 is 1. The summed E-state index contributed by atoms with van der Waals surface area (Å²) in [7, 11) is 1.37. The summed E-state index contributed by atoms with van der Waals surface area (Å²) in [5.41, 5.74) is 3.63. The van der Waals surface area contributed by atoms with Crippen molar-refractivity contribution in [1.29, 1.82) is 0 Å². The van der Waals surface area contributed by atoms with Gasteiger partial charge in [0, 0.05) is 31.9 Å². The highest BCUT2D eigenvalue weighted by molar-refractivity contribution is 7.80. The van der Waals surface area contributed by atoms with Crippen LogP contribution in [0.25, 0.3) is 0 Å². The molecule has 0 bridgehead atoms. The number of benzene rings is 3. The summed E-state index contributed by atoms with van der Waals surface area (Å²) in [5.74, 6) is -0.851. The summed E-state index contributed by atoms with van der Waals surface area (Å²) in [6.45, 7) is 2.90. The van der Waals surface area contributed by atoms with Crippen molar-refractivity contribution in [2.75, 3.05) is 38.6 Å². The molecule has 5 nitrogen and oxygen atoms in total. The van der Waals surface area contributed by atoms with Gasteiger partial charge in [0.05, 0.1) is 19.6 Å². The molecule has 35 heavy (non-hydrogen) atoms. The quantitative estimate of drug-likeness (QED) is 0.392. The van der Waals surface area contributed by atoms with Gasteiger partial charge in [-0.3, -0.25) is 9.69 Å². The zero-order chi connectivity index (χ0) is 24.8. The van der Waals surface area contributed by atoms with Crippen molar-refractivity contribution >= 4 is 29.0 Å². The Hall–Kier alpha value is -3.36. The summed E-state index contributed by atoms with van der Waals surface area (Å²) in [5, 5.41) is 3.90. The molecule has 0 atom stereocenters. The second kappa shape index (κ2) is 11.4. The zero-order valence-electron chi connectivity index (χ0n) is 19.4. The van der Waals surface area contributed by atoms with E-state index < -0.39 is 0 Å². The number of carbonyl (C=O) groups is 1. The van der Waals surface area contributed by atoms with Crippen molar-refractivity contribution in [2.45, 2.75) is 12.5 Å². The molecule has 1 aliphatic heterocycles. The van der Waals surface area contributed by atoms with Crippen LogP contribution in [0.1, 0.15) is 22.7 Å². The molecular formula is C27H27F2N3O2S. The van der Waals surface area contributed by atoms with Gasteiger partial charge in [-0.15, -0.1) is 0 Å². The molecule has 1 fully saturated rings. The maximum atomic E-state index is 13.5. The molecule has 0 spiro atoms. The van der Waals surface area contributed by atoms with E-state index >= 15 is 0 Å².